The molecule has 0 saturated heterocycles. The largest absolute Gasteiger partial charge is 0.497 e. The summed E-state index contributed by atoms with van der Waals surface area (Å²) in [5.74, 6) is 0.902. The molecule has 0 fully saturated rings. The first-order valence-corrected chi connectivity index (χ1v) is 7.75. The van der Waals surface area contributed by atoms with Crippen LogP contribution in [0.3, 0.4) is 0 Å². The minimum absolute atomic E-state index is 0.223. The number of aryl methyl sites for hydroxylation is 2. The highest BCUT2D eigenvalue weighted by Crippen LogP contribution is 2.35. The van der Waals surface area contributed by atoms with Crippen molar-refractivity contribution in [2.75, 3.05) is 14.2 Å². The molecule has 0 radical (unpaired) electrons. The third-order valence-corrected chi connectivity index (χ3v) is 5.44. The highest BCUT2D eigenvalue weighted by atomic mass is 79.9. The number of rotatable bonds is 4. The molecule has 2 aromatic rings. The van der Waals surface area contributed by atoms with E-state index in [1.807, 2.05) is 13.1 Å². The van der Waals surface area contributed by atoms with Gasteiger partial charge in [0.15, 0.2) is 0 Å². The van der Waals surface area contributed by atoms with Crippen LogP contribution in [0.1, 0.15) is 27.6 Å². The molecule has 1 aromatic heterocycles. The third-order valence-electron chi connectivity index (χ3n) is 3.24. The Kier molecular flexibility index (Phi) is 4.66. The van der Waals surface area contributed by atoms with Gasteiger partial charge in [0.25, 0.3) is 0 Å². The van der Waals surface area contributed by atoms with Crippen LogP contribution in [0.2, 0.25) is 0 Å². The van der Waals surface area contributed by atoms with Crippen molar-refractivity contribution in [3.63, 3.8) is 0 Å². The first-order valence-electron chi connectivity index (χ1n) is 6.14. The maximum Gasteiger partial charge on any atom is 0.119 e. The summed E-state index contributed by atoms with van der Waals surface area (Å²) >= 11 is 5.38. The van der Waals surface area contributed by atoms with Gasteiger partial charge in [0.2, 0.25) is 0 Å². The molecule has 0 aliphatic rings. The molecule has 2 rings (SSSR count). The predicted octanol–water partition coefficient (Wildman–Crippen LogP) is 4.44. The molecule has 0 amide bonds. The number of thiophene rings is 1. The lowest BCUT2D eigenvalue weighted by atomic mass is 9.99. The monoisotopic (exact) mass is 339 g/mol. The van der Waals surface area contributed by atoms with Crippen molar-refractivity contribution in [1.82, 2.24) is 5.32 Å². The van der Waals surface area contributed by atoms with E-state index in [1.165, 1.54) is 25.4 Å². The van der Waals surface area contributed by atoms with E-state index in [9.17, 15) is 0 Å². The summed E-state index contributed by atoms with van der Waals surface area (Å²) in [6, 6.07) is 8.69. The number of nitrogens with one attached hydrogen (secondary N) is 1. The van der Waals surface area contributed by atoms with Crippen molar-refractivity contribution >= 4 is 27.3 Å². The molecule has 1 unspecified atom stereocenters. The Morgan fingerprint density at radius 1 is 1.21 bits per heavy atom. The molecular formula is C15H18BrNOS. The fourth-order valence-electron chi connectivity index (χ4n) is 2.18. The van der Waals surface area contributed by atoms with E-state index in [0.29, 0.717) is 0 Å². The van der Waals surface area contributed by atoms with Crippen molar-refractivity contribution in [3.05, 3.63) is 49.6 Å². The van der Waals surface area contributed by atoms with Crippen LogP contribution >= 0.6 is 27.3 Å². The average Bonchev–Trinajstić information content (AvgIpc) is 2.72. The van der Waals surface area contributed by atoms with Gasteiger partial charge in [-0.15, -0.1) is 11.3 Å². The lowest BCUT2D eigenvalue weighted by Gasteiger charge is -2.18. The number of hydrogen-bond acceptors (Lipinski definition) is 3. The second-order valence-corrected chi connectivity index (χ2v) is 6.95. The van der Waals surface area contributed by atoms with Crippen LogP contribution in [-0.4, -0.2) is 14.2 Å². The molecule has 1 atom stereocenters. The molecule has 19 heavy (non-hydrogen) atoms. The minimum atomic E-state index is 0.223. The lowest BCUT2D eigenvalue weighted by molar-refractivity contribution is 0.414. The van der Waals surface area contributed by atoms with Crippen LogP contribution in [0.25, 0.3) is 0 Å². The van der Waals surface area contributed by atoms with Crippen molar-refractivity contribution in [3.8, 4) is 5.75 Å². The molecule has 0 spiro atoms. The Morgan fingerprint density at radius 2 is 1.95 bits per heavy atom. The summed E-state index contributed by atoms with van der Waals surface area (Å²) in [5.41, 5.74) is 3.81. The van der Waals surface area contributed by atoms with Crippen molar-refractivity contribution in [2.24, 2.45) is 0 Å². The molecule has 0 saturated carbocycles. The van der Waals surface area contributed by atoms with E-state index in [-0.39, 0.29) is 6.04 Å². The Morgan fingerprint density at radius 3 is 2.42 bits per heavy atom. The fraction of sp³-hybridized carbons (Fsp3) is 0.333. The summed E-state index contributed by atoms with van der Waals surface area (Å²) in [6.45, 7) is 4.25. The molecule has 102 valence electrons. The zero-order valence-electron chi connectivity index (χ0n) is 11.6. The Balaban J connectivity index is 2.42. The molecule has 1 heterocycles. The number of hydrogen-bond donors (Lipinski definition) is 1. The van der Waals surface area contributed by atoms with Gasteiger partial charge in [-0.3, -0.25) is 0 Å². The first-order chi connectivity index (χ1) is 9.06. The van der Waals surface area contributed by atoms with E-state index in [1.54, 1.807) is 18.4 Å². The standard InChI is InChI=1S/C15H18BrNOS/c1-9-7-11(18-4)5-6-12(9)14(17-3)13-8-10(2)15(16)19-13/h5-8,14,17H,1-4H3. The number of methoxy groups -OCH3 is 1. The lowest BCUT2D eigenvalue weighted by Crippen LogP contribution is -2.17. The summed E-state index contributed by atoms with van der Waals surface area (Å²) < 4.78 is 6.47. The number of benzene rings is 1. The van der Waals surface area contributed by atoms with Crippen LogP contribution in [0.5, 0.6) is 5.75 Å². The van der Waals surface area contributed by atoms with E-state index in [0.717, 1.165) is 5.75 Å². The molecule has 2 nitrogen and oxygen atoms in total. The fourth-order valence-corrected chi connectivity index (χ4v) is 3.88. The topological polar surface area (TPSA) is 21.3 Å². The summed E-state index contributed by atoms with van der Waals surface area (Å²) in [6.07, 6.45) is 0. The van der Waals surface area contributed by atoms with Crippen molar-refractivity contribution in [1.29, 1.82) is 0 Å². The van der Waals surface area contributed by atoms with Crippen molar-refractivity contribution in [2.45, 2.75) is 19.9 Å². The van der Waals surface area contributed by atoms with E-state index in [2.05, 4.69) is 53.3 Å². The number of ether oxygens (including phenoxy) is 1. The molecule has 0 aliphatic carbocycles. The van der Waals surface area contributed by atoms with Gasteiger partial charge >= 0.3 is 0 Å². The molecule has 0 bridgehead atoms. The summed E-state index contributed by atoms with van der Waals surface area (Å²) in [7, 11) is 3.70. The Labute approximate surface area is 126 Å². The smallest absolute Gasteiger partial charge is 0.119 e. The SMILES string of the molecule is CNC(c1cc(C)c(Br)s1)c1ccc(OC)cc1C. The predicted molar refractivity (Wildman–Crippen MR) is 85.4 cm³/mol. The quantitative estimate of drug-likeness (QED) is 0.888. The van der Waals surface area contributed by atoms with Gasteiger partial charge < -0.3 is 10.1 Å². The van der Waals surface area contributed by atoms with Gasteiger partial charge in [-0.25, -0.2) is 0 Å². The van der Waals surface area contributed by atoms with Gasteiger partial charge in [0.1, 0.15) is 5.75 Å². The second kappa shape index (κ2) is 6.07. The average molecular weight is 340 g/mol. The highest BCUT2D eigenvalue weighted by molar-refractivity contribution is 9.11. The van der Waals surface area contributed by atoms with Gasteiger partial charge in [-0.05, 0) is 71.7 Å². The Bertz CT molecular complexity index is 560. The normalized spacial score (nSPS) is 12.5. The zero-order chi connectivity index (χ0) is 14.0. The maximum absolute atomic E-state index is 5.27. The van der Waals surface area contributed by atoms with Crippen LogP contribution in [0, 0.1) is 13.8 Å². The van der Waals surface area contributed by atoms with Gasteiger partial charge in [0, 0.05) is 4.88 Å². The van der Waals surface area contributed by atoms with E-state index in [4.69, 9.17) is 4.74 Å². The van der Waals surface area contributed by atoms with E-state index < -0.39 is 0 Å². The third kappa shape index (κ3) is 3.02. The van der Waals surface area contributed by atoms with Gasteiger partial charge in [-0.2, -0.15) is 0 Å². The van der Waals surface area contributed by atoms with Crippen LogP contribution in [0.15, 0.2) is 28.1 Å². The maximum atomic E-state index is 5.27. The zero-order valence-corrected chi connectivity index (χ0v) is 14.0. The molecule has 0 aliphatic heterocycles. The molecule has 4 heteroatoms. The second-order valence-electron chi connectivity index (χ2n) is 4.55. The van der Waals surface area contributed by atoms with Gasteiger partial charge in [0.05, 0.1) is 16.9 Å². The number of halogens is 1. The minimum Gasteiger partial charge on any atom is -0.497 e. The van der Waals surface area contributed by atoms with Crippen LogP contribution in [-0.2, 0) is 0 Å². The van der Waals surface area contributed by atoms with E-state index >= 15 is 0 Å². The van der Waals surface area contributed by atoms with Crippen molar-refractivity contribution < 1.29 is 4.74 Å². The van der Waals surface area contributed by atoms with Crippen LogP contribution < -0.4 is 10.1 Å². The Hall–Kier alpha value is -0.840. The molecular weight excluding hydrogens is 322 g/mol. The summed E-state index contributed by atoms with van der Waals surface area (Å²) in [4.78, 5) is 1.32. The first kappa shape index (κ1) is 14.6. The molecule has 1 aromatic carbocycles. The van der Waals surface area contributed by atoms with Crippen LogP contribution in [0.4, 0.5) is 0 Å². The molecule has 1 N–H and O–H groups in total. The highest BCUT2D eigenvalue weighted by Gasteiger charge is 2.17. The van der Waals surface area contributed by atoms with Gasteiger partial charge in [-0.1, -0.05) is 6.07 Å². The summed E-state index contributed by atoms with van der Waals surface area (Å²) in [5, 5.41) is 3.40.